The number of halogens is 5. The van der Waals surface area contributed by atoms with Gasteiger partial charge in [-0.3, -0.25) is 14.4 Å². The van der Waals surface area contributed by atoms with E-state index in [1.54, 1.807) is 6.92 Å². The first-order valence-electron chi connectivity index (χ1n) is 10.5. The van der Waals surface area contributed by atoms with Crippen LogP contribution < -0.4 is 10.7 Å². The first-order chi connectivity index (χ1) is 15.9. The smallest absolute Gasteiger partial charge is 0.274 e. The number of nitrogens with one attached hydrogen (secondary N) is 1. The number of amides is 2. The van der Waals surface area contributed by atoms with Crippen molar-refractivity contribution in [1.29, 1.82) is 0 Å². The van der Waals surface area contributed by atoms with Crippen molar-refractivity contribution in [1.82, 2.24) is 14.8 Å². The molecule has 0 radical (unpaired) electrons. The highest BCUT2D eigenvalue weighted by Gasteiger charge is 2.49. The van der Waals surface area contributed by atoms with Crippen LogP contribution in [0, 0.1) is 17.5 Å². The number of fused-ring (bicyclic) bond motifs is 3. The van der Waals surface area contributed by atoms with Gasteiger partial charge < -0.3 is 19.9 Å². The van der Waals surface area contributed by atoms with E-state index in [1.165, 1.54) is 9.47 Å². The molecule has 1 saturated carbocycles. The summed E-state index contributed by atoms with van der Waals surface area (Å²) in [6, 6.07) is -0.797. The Morgan fingerprint density at radius 1 is 1.18 bits per heavy atom. The molecule has 182 valence electrons. The van der Waals surface area contributed by atoms with Crippen LogP contribution in [0.1, 0.15) is 58.6 Å². The molecule has 1 aromatic carbocycles. The number of alkyl halides is 2. The van der Waals surface area contributed by atoms with Crippen molar-refractivity contribution < 1.29 is 36.6 Å². The van der Waals surface area contributed by atoms with Crippen molar-refractivity contribution >= 4 is 11.8 Å². The van der Waals surface area contributed by atoms with E-state index in [4.69, 9.17) is 0 Å². The van der Waals surface area contributed by atoms with Crippen LogP contribution in [0.4, 0.5) is 22.0 Å². The van der Waals surface area contributed by atoms with Crippen LogP contribution >= 0.6 is 0 Å². The molecule has 2 aromatic rings. The normalized spacial score (nSPS) is 21.1. The van der Waals surface area contributed by atoms with Crippen LogP contribution in [0.25, 0.3) is 0 Å². The summed E-state index contributed by atoms with van der Waals surface area (Å²) in [7, 11) is 0. The zero-order chi connectivity index (χ0) is 24.9. The van der Waals surface area contributed by atoms with Gasteiger partial charge in [0.15, 0.2) is 11.4 Å². The van der Waals surface area contributed by atoms with Gasteiger partial charge in [-0.15, -0.1) is 0 Å². The summed E-state index contributed by atoms with van der Waals surface area (Å²) in [5, 5.41) is 12.6. The first kappa shape index (κ1) is 23.7. The molecule has 0 unspecified atom stereocenters. The van der Waals surface area contributed by atoms with Crippen molar-refractivity contribution in [2.75, 3.05) is 6.54 Å². The fourth-order valence-electron chi connectivity index (χ4n) is 4.66. The molecule has 2 N–H and O–H groups in total. The highest BCUT2D eigenvalue weighted by molar-refractivity contribution is 5.99. The van der Waals surface area contributed by atoms with Gasteiger partial charge in [0.05, 0.1) is 12.1 Å². The summed E-state index contributed by atoms with van der Waals surface area (Å²) >= 11 is 0. The molecule has 1 aliphatic carbocycles. The third-order valence-electron chi connectivity index (χ3n) is 6.31. The number of hydrogen-bond donors (Lipinski definition) is 2. The van der Waals surface area contributed by atoms with Crippen molar-refractivity contribution in [2.45, 2.75) is 50.7 Å². The van der Waals surface area contributed by atoms with E-state index in [0.29, 0.717) is 12.1 Å². The molecule has 0 spiro atoms. The highest BCUT2D eigenvalue weighted by Crippen LogP contribution is 2.44. The Bertz CT molecular complexity index is 1220. The van der Waals surface area contributed by atoms with E-state index in [9.17, 15) is 41.4 Å². The van der Waals surface area contributed by atoms with Crippen LogP contribution in [0.3, 0.4) is 0 Å². The maximum Gasteiger partial charge on any atom is 0.274 e. The summed E-state index contributed by atoms with van der Waals surface area (Å²) in [4.78, 5) is 39.4. The third-order valence-corrected chi connectivity index (χ3v) is 6.31. The molecule has 2 aliphatic rings. The van der Waals surface area contributed by atoms with Crippen molar-refractivity contribution in [3.63, 3.8) is 0 Å². The zero-order valence-electron chi connectivity index (χ0n) is 17.9. The molecule has 4 rings (SSSR count). The molecule has 2 amide bonds. The number of rotatable bonds is 4. The van der Waals surface area contributed by atoms with Gasteiger partial charge in [0.2, 0.25) is 11.4 Å². The fourth-order valence-corrected chi connectivity index (χ4v) is 4.66. The van der Waals surface area contributed by atoms with Gasteiger partial charge in [-0.25, -0.2) is 22.0 Å². The van der Waals surface area contributed by atoms with Crippen LogP contribution in [-0.4, -0.2) is 44.9 Å². The Morgan fingerprint density at radius 3 is 2.44 bits per heavy atom. The number of aromatic nitrogens is 1. The Hall–Kier alpha value is -3.44. The Kier molecular flexibility index (Phi) is 5.86. The number of aromatic hydroxyl groups is 1. The minimum absolute atomic E-state index is 0.0702. The topological polar surface area (TPSA) is 91.6 Å². The van der Waals surface area contributed by atoms with E-state index < -0.39 is 94.7 Å². The third kappa shape index (κ3) is 3.90. The lowest BCUT2D eigenvalue weighted by Gasteiger charge is -2.47. The molecule has 12 heteroatoms. The second-order valence-electron chi connectivity index (χ2n) is 8.33. The average molecular weight is 485 g/mol. The van der Waals surface area contributed by atoms with Gasteiger partial charge in [-0.1, -0.05) is 0 Å². The maximum atomic E-state index is 14.1. The number of carbonyl (C=O) groups is 2. The molecule has 2 atom stereocenters. The molecular formula is C22H20F5N3O4. The van der Waals surface area contributed by atoms with Crippen molar-refractivity contribution in [2.24, 2.45) is 0 Å². The molecule has 1 aliphatic heterocycles. The quantitative estimate of drug-likeness (QED) is 0.652. The molecule has 0 bridgehead atoms. The average Bonchev–Trinajstić information content (AvgIpc) is 2.74. The summed E-state index contributed by atoms with van der Waals surface area (Å²) in [5.74, 6) is -9.62. The molecule has 1 fully saturated rings. The molecule has 7 nitrogen and oxygen atoms in total. The second kappa shape index (κ2) is 8.41. The predicted octanol–water partition coefficient (Wildman–Crippen LogP) is 3.11. The van der Waals surface area contributed by atoms with Gasteiger partial charge in [-0.2, -0.15) is 0 Å². The van der Waals surface area contributed by atoms with E-state index in [0.717, 1.165) is 6.20 Å². The zero-order valence-corrected chi connectivity index (χ0v) is 17.9. The second-order valence-corrected chi connectivity index (χ2v) is 8.33. The number of hydrogen-bond acceptors (Lipinski definition) is 4. The standard InChI is InChI=1S/C22H20F5N3O4/c1-2-29-16-7-22(26,27)4-3-15(16)30-9-12(18(31)19(32)17(30)21(29)34)20(33)28-8-11-13(24)5-10(23)6-14(11)25/h5-6,9,15-16,32H,2-4,7-8H2,1H3,(H,28,33)/t15-,16+/m0/s1. The molecule has 1 aromatic heterocycles. The summed E-state index contributed by atoms with van der Waals surface area (Å²) in [6.07, 6.45) is -0.189. The van der Waals surface area contributed by atoms with Crippen LogP contribution in [-0.2, 0) is 6.54 Å². The number of nitrogens with zero attached hydrogens (tertiary/aromatic N) is 2. The largest absolute Gasteiger partial charge is 0.503 e. The van der Waals surface area contributed by atoms with Gasteiger partial charge >= 0.3 is 0 Å². The van der Waals surface area contributed by atoms with Crippen LogP contribution in [0.15, 0.2) is 23.1 Å². The monoisotopic (exact) mass is 485 g/mol. The fraction of sp³-hybridized carbons (Fsp3) is 0.409. The minimum Gasteiger partial charge on any atom is -0.503 e. The number of pyridine rings is 1. The molecular weight excluding hydrogens is 465 g/mol. The predicted molar refractivity (Wildman–Crippen MR) is 108 cm³/mol. The minimum atomic E-state index is -3.00. The lowest BCUT2D eigenvalue weighted by molar-refractivity contribution is -0.0774. The Balaban J connectivity index is 1.71. The summed E-state index contributed by atoms with van der Waals surface area (Å²) in [5.41, 5.74) is -2.91. The number of benzene rings is 1. The Morgan fingerprint density at radius 2 is 1.82 bits per heavy atom. The highest BCUT2D eigenvalue weighted by atomic mass is 19.3. The van der Waals surface area contributed by atoms with Gasteiger partial charge in [0, 0.05) is 49.8 Å². The van der Waals surface area contributed by atoms with E-state index in [2.05, 4.69) is 5.32 Å². The van der Waals surface area contributed by atoms with Crippen molar-refractivity contribution in [3.05, 3.63) is 62.8 Å². The van der Waals surface area contributed by atoms with Crippen LogP contribution in [0.2, 0.25) is 0 Å². The Labute approximate surface area is 189 Å². The van der Waals surface area contributed by atoms with Gasteiger partial charge in [0.25, 0.3) is 11.8 Å². The first-order valence-corrected chi connectivity index (χ1v) is 10.5. The molecule has 34 heavy (non-hydrogen) atoms. The van der Waals surface area contributed by atoms with Gasteiger partial charge in [-0.05, 0) is 13.3 Å². The van der Waals surface area contributed by atoms with Crippen LogP contribution in [0.5, 0.6) is 5.75 Å². The number of likely N-dealkylation sites (N-methyl/N-ethyl adjacent to an activating group) is 1. The maximum absolute atomic E-state index is 14.1. The number of carbonyl (C=O) groups excluding carboxylic acids is 2. The molecule has 0 saturated heterocycles. The summed E-state index contributed by atoms with van der Waals surface area (Å²) < 4.78 is 70.1. The van der Waals surface area contributed by atoms with Crippen molar-refractivity contribution in [3.8, 4) is 5.75 Å². The SMILES string of the molecule is CCN1C(=O)c2c(O)c(=O)c(C(=O)NCc3c(F)cc(F)cc3F)cn2[C@H]2CCC(F)(F)C[C@H]21. The van der Waals surface area contributed by atoms with E-state index >= 15 is 0 Å². The van der Waals surface area contributed by atoms with Gasteiger partial charge in [0.1, 0.15) is 23.0 Å². The lowest BCUT2D eigenvalue weighted by atomic mass is 9.84. The van der Waals surface area contributed by atoms with E-state index in [1.807, 2.05) is 0 Å². The summed E-state index contributed by atoms with van der Waals surface area (Å²) in [6.45, 7) is 0.919. The van der Waals surface area contributed by atoms with E-state index in [-0.39, 0.29) is 13.0 Å². The lowest BCUT2D eigenvalue weighted by Crippen LogP contribution is -2.55. The molecule has 2 heterocycles.